The molecule has 0 atom stereocenters. The third-order valence-electron chi connectivity index (χ3n) is 2.54. The van der Waals surface area contributed by atoms with Crippen LogP contribution < -0.4 is 0 Å². The van der Waals surface area contributed by atoms with Crippen LogP contribution in [-0.4, -0.2) is 25.2 Å². The summed E-state index contributed by atoms with van der Waals surface area (Å²) in [5.41, 5.74) is 0.835. The number of sulfone groups is 1. The first kappa shape index (κ1) is 12.4. The van der Waals surface area contributed by atoms with Crippen molar-refractivity contribution in [2.45, 2.75) is 25.5 Å². The molecule has 0 fully saturated rings. The van der Waals surface area contributed by atoms with Gasteiger partial charge in [-0.3, -0.25) is 4.79 Å². The Balaban J connectivity index is 3.23. The van der Waals surface area contributed by atoms with E-state index in [2.05, 4.69) is 0 Å². The topological polar surface area (TPSA) is 51.2 Å². The molecule has 1 aromatic heterocycles. The first-order chi connectivity index (χ1) is 6.68. The SMILES string of the molecule is Cc1ccsc1C(=O)C(C)(C)S(C)(=O)=O. The normalized spacial score (nSPS) is 12.8. The zero-order chi connectivity index (χ0) is 11.9. The second-order valence-corrected chi connectivity index (χ2v) is 7.53. The van der Waals surface area contributed by atoms with E-state index < -0.39 is 14.6 Å². The van der Waals surface area contributed by atoms with Crippen molar-refractivity contribution in [1.82, 2.24) is 0 Å². The number of carbonyl (C=O) groups excluding carboxylic acids is 1. The third-order valence-corrected chi connectivity index (χ3v) is 5.60. The Morgan fingerprint density at radius 2 is 1.93 bits per heavy atom. The Bertz CT molecular complexity index is 481. The number of carbonyl (C=O) groups is 1. The van der Waals surface area contributed by atoms with Crippen LogP contribution in [-0.2, 0) is 9.84 Å². The average molecular weight is 246 g/mol. The van der Waals surface area contributed by atoms with Gasteiger partial charge in [0.1, 0.15) is 4.75 Å². The van der Waals surface area contributed by atoms with Crippen molar-refractivity contribution >= 4 is 27.0 Å². The lowest BCUT2D eigenvalue weighted by atomic mass is 10.0. The molecule has 84 valence electrons. The van der Waals surface area contributed by atoms with Crippen molar-refractivity contribution in [3.63, 3.8) is 0 Å². The molecule has 0 unspecified atom stereocenters. The van der Waals surface area contributed by atoms with E-state index in [-0.39, 0.29) is 5.78 Å². The van der Waals surface area contributed by atoms with E-state index in [0.29, 0.717) is 4.88 Å². The molecule has 0 radical (unpaired) electrons. The molecule has 3 nitrogen and oxygen atoms in total. The van der Waals surface area contributed by atoms with Crippen LogP contribution in [0, 0.1) is 6.92 Å². The number of ketones is 1. The van der Waals surface area contributed by atoms with E-state index in [0.717, 1.165) is 11.8 Å². The predicted octanol–water partition coefficient (Wildman–Crippen LogP) is 2.06. The van der Waals surface area contributed by atoms with E-state index in [4.69, 9.17) is 0 Å². The van der Waals surface area contributed by atoms with Crippen LogP contribution >= 0.6 is 11.3 Å². The molecule has 0 aliphatic rings. The highest BCUT2D eigenvalue weighted by Gasteiger charge is 2.39. The van der Waals surface area contributed by atoms with Crippen LogP contribution in [0.5, 0.6) is 0 Å². The highest BCUT2D eigenvalue weighted by Crippen LogP contribution is 2.26. The second kappa shape index (κ2) is 3.72. The van der Waals surface area contributed by atoms with Crippen molar-refractivity contribution in [3.05, 3.63) is 21.9 Å². The van der Waals surface area contributed by atoms with Crippen molar-refractivity contribution < 1.29 is 13.2 Å². The van der Waals surface area contributed by atoms with Gasteiger partial charge in [-0.25, -0.2) is 8.42 Å². The lowest BCUT2D eigenvalue weighted by Crippen LogP contribution is -2.39. The highest BCUT2D eigenvalue weighted by molar-refractivity contribution is 7.92. The summed E-state index contributed by atoms with van der Waals surface area (Å²) in [7, 11) is -3.39. The molecular formula is C10H14O3S2. The minimum Gasteiger partial charge on any atom is -0.291 e. The van der Waals surface area contributed by atoms with Crippen LogP contribution in [0.15, 0.2) is 11.4 Å². The van der Waals surface area contributed by atoms with Crippen LogP contribution in [0.2, 0.25) is 0 Å². The molecule has 0 bridgehead atoms. The van der Waals surface area contributed by atoms with Crippen LogP contribution in [0.1, 0.15) is 29.1 Å². The first-order valence-electron chi connectivity index (χ1n) is 4.46. The fourth-order valence-electron chi connectivity index (χ4n) is 1.05. The van der Waals surface area contributed by atoms with Crippen LogP contribution in [0.25, 0.3) is 0 Å². The molecule has 0 spiro atoms. The van der Waals surface area contributed by atoms with E-state index in [9.17, 15) is 13.2 Å². The summed E-state index contributed by atoms with van der Waals surface area (Å²) < 4.78 is 21.6. The van der Waals surface area contributed by atoms with Crippen LogP contribution in [0.4, 0.5) is 0 Å². The summed E-state index contributed by atoms with van der Waals surface area (Å²) in [5.74, 6) is -0.322. The summed E-state index contributed by atoms with van der Waals surface area (Å²) in [6.07, 6.45) is 1.09. The van der Waals surface area contributed by atoms with Gasteiger partial charge in [-0.05, 0) is 37.8 Å². The molecule has 0 saturated heterocycles. The Morgan fingerprint density at radius 1 is 1.40 bits per heavy atom. The van der Waals surface area contributed by atoms with Gasteiger partial charge in [-0.1, -0.05) is 0 Å². The molecule has 0 amide bonds. The minimum absolute atomic E-state index is 0.322. The maximum atomic E-state index is 12.0. The van der Waals surface area contributed by atoms with Crippen molar-refractivity contribution in [2.24, 2.45) is 0 Å². The maximum Gasteiger partial charge on any atom is 0.193 e. The Kier molecular flexibility index (Phi) is 3.07. The molecule has 5 heteroatoms. The van der Waals surface area contributed by atoms with Gasteiger partial charge in [-0.2, -0.15) is 0 Å². The molecule has 0 saturated carbocycles. The van der Waals surface area contributed by atoms with Crippen LogP contribution in [0.3, 0.4) is 0 Å². The highest BCUT2D eigenvalue weighted by atomic mass is 32.2. The number of thiophene rings is 1. The molecule has 1 heterocycles. The third kappa shape index (κ3) is 2.13. The largest absolute Gasteiger partial charge is 0.291 e. The molecular weight excluding hydrogens is 232 g/mol. The van der Waals surface area contributed by atoms with Gasteiger partial charge in [0.15, 0.2) is 15.6 Å². The zero-order valence-electron chi connectivity index (χ0n) is 9.20. The molecule has 0 aliphatic carbocycles. The van der Waals surface area contributed by atoms with Gasteiger partial charge in [0, 0.05) is 6.26 Å². The summed E-state index contributed by atoms with van der Waals surface area (Å²) in [6.45, 7) is 4.70. The van der Waals surface area contributed by atoms with Gasteiger partial charge in [0.2, 0.25) is 0 Å². The monoisotopic (exact) mass is 246 g/mol. The van der Waals surface area contributed by atoms with E-state index in [1.54, 1.807) is 5.38 Å². The summed E-state index contributed by atoms with van der Waals surface area (Å²) in [5, 5.41) is 1.79. The Morgan fingerprint density at radius 3 is 2.27 bits per heavy atom. The molecule has 1 rings (SSSR count). The number of hydrogen-bond acceptors (Lipinski definition) is 4. The Hall–Kier alpha value is -0.680. The summed E-state index contributed by atoms with van der Waals surface area (Å²) in [4.78, 5) is 12.6. The fourth-order valence-corrected chi connectivity index (χ4v) is 2.57. The first-order valence-corrected chi connectivity index (χ1v) is 7.23. The molecule has 1 aromatic rings. The molecule has 15 heavy (non-hydrogen) atoms. The van der Waals surface area contributed by atoms with Gasteiger partial charge in [0.05, 0.1) is 4.88 Å². The lowest BCUT2D eigenvalue weighted by Gasteiger charge is -2.20. The van der Waals surface area contributed by atoms with Gasteiger partial charge in [0.25, 0.3) is 0 Å². The molecule has 0 N–H and O–H groups in total. The quantitative estimate of drug-likeness (QED) is 0.767. The van der Waals surface area contributed by atoms with Gasteiger partial charge < -0.3 is 0 Å². The number of aryl methyl sites for hydroxylation is 1. The minimum atomic E-state index is -3.39. The van der Waals surface area contributed by atoms with Gasteiger partial charge in [-0.15, -0.1) is 11.3 Å². The van der Waals surface area contributed by atoms with Gasteiger partial charge >= 0.3 is 0 Å². The smallest absolute Gasteiger partial charge is 0.193 e. The standard InChI is InChI=1S/C10H14O3S2/c1-7-5-6-14-8(7)9(11)10(2,3)15(4,12)13/h5-6H,1-4H3. The van der Waals surface area contributed by atoms with E-state index >= 15 is 0 Å². The number of hydrogen-bond donors (Lipinski definition) is 0. The number of Topliss-reactive ketones (excluding diaryl/α,β-unsaturated/α-hetero) is 1. The number of rotatable bonds is 3. The fraction of sp³-hybridized carbons (Fsp3) is 0.500. The van der Waals surface area contributed by atoms with E-state index in [1.807, 2.05) is 13.0 Å². The maximum absolute atomic E-state index is 12.0. The predicted molar refractivity (Wildman–Crippen MR) is 62.3 cm³/mol. The lowest BCUT2D eigenvalue weighted by molar-refractivity contribution is 0.0957. The molecule has 0 aliphatic heterocycles. The van der Waals surface area contributed by atoms with Crippen molar-refractivity contribution in [2.75, 3.05) is 6.26 Å². The summed E-state index contributed by atoms with van der Waals surface area (Å²) >= 11 is 1.29. The second-order valence-electron chi connectivity index (χ2n) is 4.04. The summed E-state index contributed by atoms with van der Waals surface area (Å²) in [6, 6.07) is 1.82. The Labute approximate surface area is 94.0 Å². The average Bonchev–Trinajstić information content (AvgIpc) is 2.48. The zero-order valence-corrected chi connectivity index (χ0v) is 10.8. The van der Waals surface area contributed by atoms with Crippen molar-refractivity contribution in [1.29, 1.82) is 0 Å². The van der Waals surface area contributed by atoms with Crippen molar-refractivity contribution in [3.8, 4) is 0 Å². The van der Waals surface area contributed by atoms with E-state index in [1.165, 1.54) is 25.2 Å². The molecule has 0 aromatic carbocycles.